The van der Waals surface area contributed by atoms with E-state index in [-0.39, 0.29) is 0 Å². The zero-order valence-corrected chi connectivity index (χ0v) is 44.9. The molecule has 14 aromatic rings. The topological polar surface area (TPSA) is 24.9 Å². The molecule has 0 atom stereocenters. The Hall–Kier alpha value is -8.76. The Labute approximate surface area is 466 Å². The molecule has 0 bridgehead atoms. The van der Waals surface area contributed by atoms with Gasteiger partial charge in [0.05, 0.1) is 10.8 Å². The monoisotopic (exact) mass is 1070 g/mol. The van der Waals surface area contributed by atoms with E-state index in [9.17, 15) is 0 Å². The van der Waals surface area contributed by atoms with Gasteiger partial charge < -0.3 is 19.3 Å². The second kappa shape index (κ2) is 16.9. The van der Waals surface area contributed by atoms with Gasteiger partial charge in [-0.15, -0.1) is 45.3 Å². The number of para-hydroxylation sites is 6. The Morgan fingerprint density at radius 1 is 0.256 bits per heavy atom. The third-order valence-corrected chi connectivity index (χ3v) is 21.0. The number of ether oxygens (including phenoxy) is 2. The summed E-state index contributed by atoms with van der Waals surface area (Å²) in [6.45, 7) is 0. The van der Waals surface area contributed by atoms with Gasteiger partial charge in [-0.25, -0.2) is 0 Å². The first-order valence-corrected chi connectivity index (χ1v) is 29.5. The molecule has 8 heteroatoms. The molecule has 0 saturated heterocycles. The number of anilines is 6. The van der Waals surface area contributed by atoms with E-state index in [2.05, 4.69) is 265 Å². The van der Waals surface area contributed by atoms with Gasteiger partial charge in [0.2, 0.25) is 0 Å². The van der Waals surface area contributed by atoms with Crippen LogP contribution >= 0.6 is 45.3 Å². The molecule has 4 nitrogen and oxygen atoms in total. The summed E-state index contributed by atoms with van der Waals surface area (Å²) >= 11 is 7.50. The van der Waals surface area contributed by atoms with Crippen molar-refractivity contribution in [2.24, 2.45) is 0 Å². The highest BCUT2D eigenvalue weighted by Gasteiger charge is 2.61. The van der Waals surface area contributed by atoms with E-state index in [0.29, 0.717) is 0 Å². The van der Waals surface area contributed by atoms with Crippen LogP contribution in [-0.4, -0.2) is 0 Å². The molecule has 0 unspecified atom stereocenters. The van der Waals surface area contributed by atoms with Gasteiger partial charge in [-0.1, -0.05) is 158 Å². The van der Waals surface area contributed by atoms with Crippen molar-refractivity contribution in [2.45, 2.75) is 10.8 Å². The predicted molar refractivity (Wildman–Crippen MR) is 328 cm³/mol. The van der Waals surface area contributed by atoms with Crippen molar-refractivity contribution in [3.05, 3.63) is 298 Å². The summed E-state index contributed by atoms with van der Waals surface area (Å²) in [7, 11) is 0. The number of hydrogen-bond donors (Lipinski definition) is 0. The molecule has 368 valence electrons. The maximum Gasteiger partial charge on any atom is 0.132 e. The molecule has 0 fully saturated rings. The number of thiophene rings is 4. The number of fused-ring (bicyclic) bond motifs is 20. The first-order valence-electron chi connectivity index (χ1n) is 26.2. The molecule has 10 aromatic carbocycles. The normalized spacial score (nSPS) is 14.1. The van der Waals surface area contributed by atoms with Crippen molar-refractivity contribution in [3.8, 4) is 23.0 Å². The summed E-state index contributed by atoms with van der Waals surface area (Å²) in [4.78, 5) is 7.46. The Morgan fingerprint density at radius 2 is 0.590 bits per heavy atom. The van der Waals surface area contributed by atoms with Crippen LogP contribution in [0.3, 0.4) is 0 Å². The van der Waals surface area contributed by atoms with Crippen LogP contribution in [0, 0.1) is 0 Å². The summed E-state index contributed by atoms with van der Waals surface area (Å²) in [5.74, 6) is 3.41. The van der Waals surface area contributed by atoms with Crippen molar-refractivity contribution < 1.29 is 9.47 Å². The van der Waals surface area contributed by atoms with Crippen molar-refractivity contribution in [2.75, 3.05) is 9.80 Å². The molecule has 3 aliphatic rings. The number of nitrogens with zero attached hydrogens (tertiary/aromatic N) is 2. The Morgan fingerprint density at radius 3 is 0.987 bits per heavy atom. The van der Waals surface area contributed by atoms with Crippen LogP contribution in [0.4, 0.5) is 32.8 Å². The zero-order chi connectivity index (χ0) is 51.1. The average molecular weight is 1070 g/mol. The van der Waals surface area contributed by atoms with Gasteiger partial charge in [-0.05, 0) is 108 Å². The fourth-order valence-corrected chi connectivity index (χ4v) is 18.3. The minimum absolute atomic E-state index is 0.837. The first-order chi connectivity index (χ1) is 38.6. The van der Waals surface area contributed by atoms with Gasteiger partial charge in [0.1, 0.15) is 33.0 Å². The molecule has 17 rings (SSSR count). The molecule has 0 N–H and O–H groups in total. The summed E-state index contributed by atoms with van der Waals surface area (Å²) < 4.78 is 19.2. The van der Waals surface area contributed by atoms with Crippen LogP contribution in [0.2, 0.25) is 0 Å². The lowest BCUT2D eigenvalue weighted by molar-refractivity contribution is 0.418. The van der Waals surface area contributed by atoms with Crippen molar-refractivity contribution >= 4 is 118 Å². The second-order valence-electron chi connectivity index (χ2n) is 20.2. The van der Waals surface area contributed by atoms with E-state index >= 15 is 0 Å². The standard InChI is InChI=1S/C70H42N2O2S4/c1-3-19-43(20-4-1)71(45-35-37-49-47-23-7-17-33-61(47)75-63(49)39-45)65-41-55-67(77-65)70(53-27-11-15-31-59(53)74-60-32-16-12-28-54(60)70)56-42-66(78-68(56)69(55)51-25-9-13-29-57(51)73-58-30-14-10-26-52(58)69)72(44-21-5-2-6-22-44)46-36-38-50-48-24-8-18-34-62(48)76-64(50)40-46/h1-42H. The van der Waals surface area contributed by atoms with E-state index in [1.165, 1.54) is 61.2 Å². The quantitative estimate of drug-likeness (QED) is 0.166. The zero-order valence-electron chi connectivity index (χ0n) is 41.6. The molecular weight excluding hydrogens is 1030 g/mol. The Kier molecular flexibility index (Phi) is 9.60. The molecule has 6 heterocycles. The first kappa shape index (κ1) is 44.4. The molecule has 2 aliphatic heterocycles. The predicted octanol–water partition coefficient (Wildman–Crippen LogP) is 20.8. The lowest BCUT2D eigenvalue weighted by atomic mass is 9.54. The molecular formula is C70H42N2O2S4. The highest BCUT2D eigenvalue weighted by molar-refractivity contribution is 7.26. The van der Waals surface area contributed by atoms with E-state index in [4.69, 9.17) is 9.47 Å². The van der Waals surface area contributed by atoms with Gasteiger partial charge in [-0.3, -0.25) is 0 Å². The van der Waals surface area contributed by atoms with Crippen LogP contribution in [0.25, 0.3) is 40.3 Å². The fraction of sp³-hybridized carbons (Fsp3) is 0.0286. The molecule has 78 heavy (non-hydrogen) atoms. The van der Waals surface area contributed by atoms with Crippen LogP contribution < -0.4 is 19.3 Å². The van der Waals surface area contributed by atoms with Gasteiger partial charge >= 0.3 is 0 Å². The smallest absolute Gasteiger partial charge is 0.132 e. The third-order valence-electron chi connectivity index (χ3n) is 16.2. The van der Waals surface area contributed by atoms with Crippen LogP contribution in [0.5, 0.6) is 23.0 Å². The van der Waals surface area contributed by atoms with Crippen LogP contribution in [-0.2, 0) is 10.8 Å². The van der Waals surface area contributed by atoms with Crippen molar-refractivity contribution in [1.29, 1.82) is 0 Å². The summed E-state index contributed by atoms with van der Waals surface area (Å²) in [5.41, 5.74) is 9.62. The summed E-state index contributed by atoms with van der Waals surface area (Å²) in [6, 6.07) is 93.6. The fourth-order valence-electron chi connectivity index (χ4n) is 13.1. The van der Waals surface area contributed by atoms with Crippen LogP contribution in [0.1, 0.15) is 43.1 Å². The van der Waals surface area contributed by atoms with Crippen molar-refractivity contribution in [1.82, 2.24) is 0 Å². The minimum atomic E-state index is -0.837. The molecule has 1 aliphatic carbocycles. The highest BCUT2D eigenvalue weighted by Crippen LogP contribution is 2.71. The molecule has 0 saturated carbocycles. The SMILES string of the molecule is c1ccc(N(c2ccc3c(c2)sc2ccccc23)c2cc3c(s2)C2(c4ccccc4Oc4ccccc42)c2cc(N(c4ccccc4)c4ccc5c(c4)sc4ccccc45)sc2C32c3ccccc3Oc3ccccc32)cc1. The van der Waals surface area contributed by atoms with Gasteiger partial charge in [-0.2, -0.15) is 0 Å². The molecule has 2 spiro atoms. The Balaban J connectivity index is 1.01. The molecule has 0 amide bonds. The number of benzene rings is 10. The van der Waals surface area contributed by atoms with E-state index in [0.717, 1.165) is 78.0 Å². The third kappa shape index (κ3) is 6.14. The lowest BCUT2D eigenvalue weighted by Gasteiger charge is -2.50. The number of rotatable bonds is 6. The number of hydrogen-bond acceptors (Lipinski definition) is 8. The van der Waals surface area contributed by atoms with E-state index < -0.39 is 10.8 Å². The molecule has 4 aromatic heterocycles. The summed E-state index contributed by atoms with van der Waals surface area (Å²) in [6.07, 6.45) is 0. The second-order valence-corrected chi connectivity index (χ2v) is 24.5. The van der Waals surface area contributed by atoms with Crippen molar-refractivity contribution in [3.63, 3.8) is 0 Å². The van der Waals surface area contributed by atoms with Gasteiger partial charge in [0, 0.05) is 95.1 Å². The van der Waals surface area contributed by atoms with Crippen LogP contribution in [0.15, 0.2) is 255 Å². The maximum atomic E-state index is 7.07. The Bertz CT molecular complexity index is 4300. The maximum absolute atomic E-state index is 7.07. The molecule has 0 radical (unpaired) electrons. The van der Waals surface area contributed by atoms with E-state index in [1.54, 1.807) is 0 Å². The largest absolute Gasteiger partial charge is 0.457 e. The van der Waals surface area contributed by atoms with Gasteiger partial charge in [0.15, 0.2) is 0 Å². The lowest BCUT2D eigenvalue weighted by Crippen LogP contribution is -2.45. The van der Waals surface area contributed by atoms with E-state index in [1.807, 2.05) is 45.3 Å². The average Bonchev–Trinajstić information content (AvgIpc) is 2.28. The highest BCUT2D eigenvalue weighted by atomic mass is 32.1. The summed E-state index contributed by atoms with van der Waals surface area (Å²) in [5, 5.41) is 7.36. The minimum Gasteiger partial charge on any atom is -0.457 e. The van der Waals surface area contributed by atoms with Gasteiger partial charge in [0.25, 0.3) is 0 Å².